The molecule has 0 aromatic heterocycles. The van der Waals surface area contributed by atoms with Crippen LogP contribution in [-0.4, -0.2) is 47.4 Å². The number of aliphatic hydroxyl groups is 2. The number of esters is 1. The number of carbonyl (C=O) groups excluding carboxylic acids is 2. The molecule has 0 saturated carbocycles. The number of unbranched alkanes of at least 4 members (excludes halogenated alkanes) is 48. The van der Waals surface area contributed by atoms with Crippen molar-refractivity contribution in [3.8, 4) is 0 Å². The number of carbonyl (C=O) groups is 2. The molecule has 6 heteroatoms. The lowest BCUT2D eigenvalue weighted by atomic mass is 10.0. The summed E-state index contributed by atoms with van der Waals surface area (Å²) in [6.07, 6.45) is 87.6. The van der Waals surface area contributed by atoms with E-state index in [9.17, 15) is 19.8 Å². The van der Waals surface area contributed by atoms with Crippen LogP contribution in [0.15, 0.2) is 48.6 Å². The fraction of sp³-hybridized carbons (Fsp3) is 0.861. The van der Waals surface area contributed by atoms with Gasteiger partial charge in [-0.3, -0.25) is 9.59 Å². The molecule has 0 aliphatic carbocycles. The molecule has 0 bridgehead atoms. The molecule has 0 aliphatic rings. The van der Waals surface area contributed by atoms with E-state index in [2.05, 4.69) is 55.6 Å². The van der Waals surface area contributed by atoms with Crippen molar-refractivity contribution >= 4 is 11.9 Å². The summed E-state index contributed by atoms with van der Waals surface area (Å²) in [6.45, 7) is 4.89. The molecule has 3 N–H and O–H groups in total. The molecule has 1 amide bonds. The molecule has 78 heavy (non-hydrogen) atoms. The second kappa shape index (κ2) is 67.3. The Balaban J connectivity index is 3.37. The van der Waals surface area contributed by atoms with Gasteiger partial charge in [-0.25, -0.2) is 0 Å². The van der Waals surface area contributed by atoms with Crippen LogP contribution in [0.25, 0.3) is 0 Å². The number of hydrogen-bond donors (Lipinski definition) is 3. The van der Waals surface area contributed by atoms with Crippen LogP contribution in [0.1, 0.15) is 373 Å². The maximum absolute atomic E-state index is 12.5. The Bertz CT molecular complexity index is 1310. The van der Waals surface area contributed by atoms with E-state index in [-0.39, 0.29) is 18.5 Å². The summed E-state index contributed by atoms with van der Waals surface area (Å²) >= 11 is 0. The molecule has 0 rings (SSSR count). The van der Waals surface area contributed by atoms with Crippen molar-refractivity contribution in [3.05, 3.63) is 48.6 Å². The quantitative estimate of drug-likeness (QED) is 0.0320. The van der Waals surface area contributed by atoms with Gasteiger partial charge in [0.1, 0.15) is 0 Å². The highest BCUT2D eigenvalue weighted by Gasteiger charge is 2.18. The van der Waals surface area contributed by atoms with Crippen LogP contribution in [0.3, 0.4) is 0 Å². The standard InChI is InChI=1S/C72H135NO5/c1-3-5-7-9-11-13-15-17-37-42-46-50-54-58-62-66-72(77)78-67-63-59-55-51-47-43-39-36-34-32-30-28-26-24-22-20-19-21-23-25-27-29-31-33-35-38-41-45-49-53-57-61-65-71(76)73-69(68-74)70(75)64-60-56-52-48-44-40-18-16-14-12-10-8-6-4-2/h11,13,17,22,24,37,60,64,69-70,74-75H,3-10,12,14-16,18-21,23,25-36,38-59,61-63,65-68H2,1-2H3,(H,73,76)/b13-11-,24-22-,37-17-,64-60+. The van der Waals surface area contributed by atoms with Gasteiger partial charge in [0.25, 0.3) is 0 Å². The molecule has 6 nitrogen and oxygen atoms in total. The second-order valence-electron chi connectivity index (χ2n) is 23.9. The largest absolute Gasteiger partial charge is 0.466 e. The van der Waals surface area contributed by atoms with Gasteiger partial charge in [0.05, 0.1) is 25.4 Å². The average Bonchev–Trinajstić information content (AvgIpc) is 3.44. The van der Waals surface area contributed by atoms with Crippen LogP contribution in [-0.2, 0) is 14.3 Å². The molecule has 458 valence electrons. The summed E-state index contributed by atoms with van der Waals surface area (Å²) in [6, 6.07) is -0.626. The van der Waals surface area contributed by atoms with Crippen molar-refractivity contribution in [3.63, 3.8) is 0 Å². The Morgan fingerprint density at radius 1 is 0.359 bits per heavy atom. The van der Waals surface area contributed by atoms with E-state index in [0.717, 1.165) is 51.4 Å². The van der Waals surface area contributed by atoms with Gasteiger partial charge >= 0.3 is 5.97 Å². The topological polar surface area (TPSA) is 95.9 Å². The highest BCUT2D eigenvalue weighted by Crippen LogP contribution is 2.18. The first-order valence-corrected chi connectivity index (χ1v) is 34.9. The molecule has 0 aliphatic heterocycles. The Morgan fingerprint density at radius 3 is 1.01 bits per heavy atom. The van der Waals surface area contributed by atoms with Crippen LogP contribution in [0.2, 0.25) is 0 Å². The summed E-state index contributed by atoms with van der Waals surface area (Å²) in [4.78, 5) is 24.5. The van der Waals surface area contributed by atoms with E-state index >= 15 is 0 Å². The van der Waals surface area contributed by atoms with E-state index < -0.39 is 12.1 Å². The minimum Gasteiger partial charge on any atom is -0.466 e. The number of amides is 1. The predicted molar refractivity (Wildman–Crippen MR) is 342 cm³/mol. The summed E-state index contributed by atoms with van der Waals surface area (Å²) in [5.41, 5.74) is 0. The Hall–Kier alpha value is -2.18. The number of nitrogens with one attached hydrogen (secondary N) is 1. The zero-order valence-corrected chi connectivity index (χ0v) is 52.4. The first kappa shape index (κ1) is 75.8. The van der Waals surface area contributed by atoms with Gasteiger partial charge in [-0.15, -0.1) is 0 Å². The van der Waals surface area contributed by atoms with E-state index in [1.54, 1.807) is 6.08 Å². The first-order valence-electron chi connectivity index (χ1n) is 34.9. The third-order valence-electron chi connectivity index (χ3n) is 16.1. The lowest BCUT2D eigenvalue weighted by Gasteiger charge is -2.20. The number of allylic oxidation sites excluding steroid dienone is 7. The van der Waals surface area contributed by atoms with Gasteiger partial charge < -0.3 is 20.3 Å². The molecule has 0 saturated heterocycles. The summed E-state index contributed by atoms with van der Waals surface area (Å²) in [5, 5.41) is 23.1. The van der Waals surface area contributed by atoms with Gasteiger partial charge in [0.2, 0.25) is 5.91 Å². The van der Waals surface area contributed by atoms with Crippen molar-refractivity contribution in [1.29, 1.82) is 0 Å². The van der Waals surface area contributed by atoms with Crippen molar-refractivity contribution in [2.24, 2.45) is 0 Å². The van der Waals surface area contributed by atoms with Crippen LogP contribution >= 0.6 is 0 Å². The summed E-state index contributed by atoms with van der Waals surface area (Å²) < 4.78 is 5.49. The molecule has 2 atom stereocenters. The SMILES string of the molecule is CCCCC/C=C\C/C=C\CCCCCCCC(=O)OCCCCCCCCCCCCCC/C=C\CCCCCCCCCCCCCCCCCCC(=O)NC(CO)C(O)/C=C/CCCCCCCCCCCCCC. The van der Waals surface area contributed by atoms with Crippen molar-refractivity contribution in [2.45, 2.75) is 386 Å². The van der Waals surface area contributed by atoms with E-state index in [4.69, 9.17) is 4.74 Å². The number of aliphatic hydroxyl groups excluding tert-OH is 2. The van der Waals surface area contributed by atoms with Gasteiger partial charge in [0, 0.05) is 12.8 Å². The maximum atomic E-state index is 12.5. The third-order valence-corrected chi connectivity index (χ3v) is 16.1. The lowest BCUT2D eigenvalue weighted by molar-refractivity contribution is -0.143. The Kier molecular flexibility index (Phi) is 65.4. The van der Waals surface area contributed by atoms with Crippen LogP contribution in [0.5, 0.6) is 0 Å². The molecule has 0 aromatic rings. The van der Waals surface area contributed by atoms with Crippen LogP contribution in [0.4, 0.5) is 0 Å². The number of rotatable bonds is 65. The minimum atomic E-state index is -0.842. The van der Waals surface area contributed by atoms with E-state index in [1.807, 2.05) is 6.08 Å². The van der Waals surface area contributed by atoms with Crippen LogP contribution in [0, 0.1) is 0 Å². The van der Waals surface area contributed by atoms with Gasteiger partial charge in [-0.2, -0.15) is 0 Å². The minimum absolute atomic E-state index is 0.00385. The van der Waals surface area contributed by atoms with Crippen molar-refractivity contribution in [2.75, 3.05) is 13.2 Å². The molecule has 0 heterocycles. The monoisotopic (exact) mass is 1090 g/mol. The van der Waals surface area contributed by atoms with Gasteiger partial charge in [-0.05, 0) is 89.9 Å². The van der Waals surface area contributed by atoms with Crippen molar-refractivity contribution in [1.82, 2.24) is 5.32 Å². The highest BCUT2D eigenvalue weighted by atomic mass is 16.5. The fourth-order valence-electron chi connectivity index (χ4n) is 10.7. The Labute approximate surface area is 486 Å². The molecule has 0 fully saturated rings. The second-order valence-corrected chi connectivity index (χ2v) is 23.9. The van der Waals surface area contributed by atoms with Gasteiger partial charge in [0.15, 0.2) is 0 Å². The maximum Gasteiger partial charge on any atom is 0.305 e. The average molecular weight is 1090 g/mol. The summed E-state index contributed by atoms with van der Waals surface area (Å²) in [5.74, 6) is -0.0603. The van der Waals surface area contributed by atoms with Crippen LogP contribution < -0.4 is 5.32 Å². The Morgan fingerprint density at radius 2 is 0.641 bits per heavy atom. The predicted octanol–water partition coefficient (Wildman–Crippen LogP) is 22.5. The molecule has 0 spiro atoms. The third kappa shape index (κ3) is 63.0. The molecule has 0 radical (unpaired) electrons. The molecular weight excluding hydrogens is 959 g/mol. The molecule has 2 unspecified atom stereocenters. The lowest BCUT2D eigenvalue weighted by Crippen LogP contribution is -2.45. The first-order chi connectivity index (χ1) is 38.5. The molecule has 0 aromatic carbocycles. The van der Waals surface area contributed by atoms with E-state index in [0.29, 0.717) is 19.4 Å². The van der Waals surface area contributed by atoms with Gasteiger partial charge in [-0.1, -0.05) is 319 Å². The molecular formula is C72H135NO5. The van der Waals surface area contributed by atoms with E-state index in [1.165, 1.54) is 295 Å². The highest BCUT2D eigenvalue weighted by molar-refractivity contribution is 5.76. The number of ether oxygens (including phenoxy) is 1. The smallest absolute Gasteiger partial charge is 0.305 e. The zero-order valence-electron chi connectivity index (χ0n) is 52.4. The zero-order chi connectivity index (χ0) is 56.4. The number of hydrogen-bond acceptors (Lipinski definition) is 5. The normalized spacial score (nSPS) is 12.8. The fourth-order valence-corrected chi connectivity index (χ4v) is 10.7. The summed E-state index contributed by atoms with van der Waals surface area (Å²) in [7, 11) is 0. The van der Waals surface area contributed by atoms with Crippen molar-refractivity contribution < 1.29 is 24.5 Å².